The molecule has 7 nitrogen and oxygen atoms in total. The number of aliphatic carboxylic acids is 2. The lowest BCUT2D eigenvalue weighted by Crippen LogP contribution is -2.44. The summed E-state index contributed by atoms with van der Waals surface area (Å²) in [5.41, 5.74) is 0.506. The van der Waals surface area contributed by atoms with Crippen LogP contribution in [-0.2, 0) is 14.4 Å². The number of hydrogen-bond acceptors (Lipinski definition) is 6. The van der Waals surface area contributed by atoms with Crippen LogP contribution in [0.5, 0.6) is 5.75 Å². The van der Waals surface area contributed by atoms with Crippen LogP contribution in [0.1, 0.15) is 32.8 Å². The lowest BCUT2D eigenvalue weighted by molar-refractivity contribution is -0.145. The Morgan fingerprint density at radius 3 is 2.43 bits per heavy atom. The minimum atomic E-state index is -1.11. The first-order valence-corrected chi connectivity index (χ1v) is 9.82. The van der Waals surface area contributed by atoms with E-state index in [0.29, 0.717) is 11.3 Å². The zero-order valence-electron chi connectivity index (χ0n) is 15.6. The number of carboxylic acids is 2. The molecule has 9 heteroatoms. The van der Waals surface area contributed by atoms with Crippen molar-refractivity contribution in [2.45, 2.75) is 39.3 Å². The Bertz CT molecular complexity index is 835. The molecule has 0 aliphatic carbocycles. The van der Waals surface area contributed by atoms with E-state index in [2.05, 4.69) is 0 Å². The van der Waals surface area contributed by atoms with Gasteiger partial charge in [0.15, 0.2) is 6.10 Å². The summed E-state index contributed by atoms with van der Waals surface area (Å²) in [6.45, 7) is 5.16. The second-order valence-corrected chi connectivity index (χ2v) is 8.35. The van der Waals surface area contributed by atoms with E-state index in [0.717, 1.165) is 16.7 Å². The zero-order valence-corrected chi connectivity index (χ0v) is 17.3. The summed E-state index contributed by atoms with van der Waals surface area (Å²) in [6, 6.07) is 5.67. The quantitative estimate of drug-likeness (QED) is 0.485. The molecule has 0 spiro atoms. The van der Waals surface area contributed by atoms with Crippen molar-refractivity contribution in [2.75, 3.05) is 0 Å². The smallest absolute Gasteiger partial charge is 0.344 e. The zero-order chi connectivity index (χ0) is 21.0. The van der Waals surface area contributed by atoms with Crippen molar-refractivity contribution in [3.63, 3.8) is 0 Å². The summed E-state index contributed by atoms with van der Waals surface area (Å²) in [7, 11) is 0. The molecule has 1 aliphatic rings. The summed E-state index contributed by atoms with van der Waals surface area (Å²) in [5, 5.41) is 18.6. The molecule has 28 heavy (non-hydrogen) atoms. The van der Waals surface area contributed by atoms with Gasteiger partial charge in [0.2, 0.25) is 0 Å². The van der Waals surface area contributed by atoms with Gasteiger partial charge in [-0.1, -0.05) is 56.0 Å². The molecule has 1 saturated heterocycles. The third kappa shape index (κ3) is 5.11. The number of thioether (sulfide) groups is 1. The molecule has 0 aromatic heterocycles. The topological polar surface area (TPSA) is 104 Å². The fourth-order valence-corrected chi connectivity index (χ4v) is 3.95. The van der Waals surface area contributed by atoms with Gasteiger partial charge >= 0.3 is 11.9 Å². The molecule has 1 amide bonds. The molecule has 150 valence electrons. The highest BCUT2D eigenvalue weighted by molar-refractivity contribution is 8.26. The number of ether oxygens (including phenoxy) is 1. The first-order chi connectivity index (χ1) is 13.1. The Morgan fingerprint density at radius 1 is 1.21 bits per heavy atom. The number of para-hydroxylation sites is 1. The Morgan fingerprint density at radius 2 is 1.86 bits per heavy atom. The van der Waals surface area contributed by atoms with Gasteiger partial charge in [0.1, 0.15) is 16.1 Å². The van der Waals surface area contributed by atoms with Gasteiger partial charge in [-0.3, -0.25) is 9.69 Å². The highest BCUT2D eigenvalue weighted by Crippen LogP contribution is 2.36. The lowest BCUT2D eigenvalue weighted by atomic mass is 10.0. The molecule has 1 fully saturated rings. The van der Waals surface area contributed by atoms with Gasteiger partial charge in [0.25, 0.3) is 5.91 Å². The molecule has 2 rings (SSSR count). The SMILES string of the molecule is CC(C)CC(C(=O)O)N1C(=O)/C(=C/c2ccccc2OC(C)C(=O)O)SC1=S. The number of benzene rings is 1. The molecule has 2 unspecified atom stereocenters. The van der Waals surface area contributed by atoms with E-state index in [4.69, 9.17) is 22.1 Å². The number of thiocarbonyl (C=S) groups is 1. The van der Waals surface area contributed by atoms with Gasteiger partial charge in [0, 0.05) is 5.56 Å². The van der Waals surface area contributed by atoms with E-state index < -0.39 is 30.0 Å². The van der Waals surface area contributed by atoms with Gasteiger partial charge in [-0.25, -0.2) is 9.59 Å². The van der Waals surface area contributed by atoms with E-state index >= 15 is 0 Å². The van der Waals surface area contributed by atoms with E-state index in [1.54, 1.807) is 24.3 Å². The van der Waals surface area contributed by atoms with Gasteiger partial charge < -0.3 is 14.9 Å². The third-order valence-corrected chi connectivity index (χ3v) is 5.30. The summed E-state index contributed by atoms with van der Waals surface area (Å²) >= 11 is 6.27. The van der Waals surface area contributed by atoms with Crippen molar-refractivity contribution >= 4 is 52.2 Å². The number of rotatable bonds is 8. The third-order valence-electron chi connectivity index (χ3n) is 3.97. The molecular formula is C19H21NO6S2. The maximum atomic E-state index is 12.8. The van der Waals surface area contributed by atoms with Crippen molar-refractivity contribution in [3.8, 4) is 5.75 Å². The van der Waals surface area contributed by atoms with E-state index in [1.165, 1.54) is 13.0 Å². The first kappa shape index (κ1) is 21.9. The molecule has 2 N–H and O–H groups in total. The van der Waals surface area contributed by atoms with Crippen LogP contribution in [0.4, 0.5) is 0 Å². The van der Waals surface area contributed by atoms with Gasteiger partial charge in [-0.2, -0.15) is 0 Å². The number of carbonyl (C=O) groups excluding carboxylic acids is 1. The standard InChI is InChI=1S/C19H21NO6S2/c1-10(2)8-13(18(24)25)20-16(21)15(28-19(20)27)9-12-6-4-5-7-14(12)26-11(3)17(22)23/h4-7,9-11,13H,8H2,1-3H3,(H,22,23)(H,24,25)/b15-9-. The highest BCUT2D eigenvalue weighted by atomic mass is 32.2. The Labute approximate surface area is 172 Å². The van der Waals surface area contributed by atoms with E-state index in [-0.39, 0.29) is 21.6 Å². The maximum Gasteiger partial charge on any atom is 0.344 e. The minimum absolute atomic E-state index is 0.0707. The number of amides is 1. The predicted octanol–water partition coefficient (Wildman–Crippen LogP) is 3.24. The Balaban J connectivity index is 2.34. The number of carbonyl (C=O) groups is 3. The Hall–Kier alpha value is -2.39. The van der Waals surface area contributed by atoms with Crippen LogP contribution in [0.15, 0.2) is 29.2 Å². The number of hydrogen-bond donors (Lipinski definition) is 2. The molecule has 0 radical (unpaired) electrons. The average molecular weight is 424 g/mol. The van der Waals surface area contributed by atoms with E-state index in [1.807, 2.05) is 13.8 Å². The molecule has 0 saturated carbocycles. The van der Waals surface area contributed by atoms with Crippen LogP contribution in [0.3, 0.4) is 0 Å². The second-order valence-electron chi connectivity index (χ2n) is 6.67. The summed E-state index contributed by atoms with van der Waals surface area (Å²) in [4.78, 5) is 36.9. The fourth-order valence-electron chi connectivity index (χ4n) is 2.60. The molecular weight excluding hydrogens is 402 g/mol. The van der Waals surface area contributed by atoms with E-state index in [9.17, 15) is 19.5 Å². The number of carboxylic acid groups (broad SMARTS) is 2. The fraction of sp³-hybridized carbons (Fsp3) is 0.368. The van der Waals surface area contributed by atoms with Crippen LogP contribution < -0.4 is 4.74 Å². The molecule has 2 atom stereocenters. The molecule has 0 bridgehead atoms. The second kappa shape index (κ2) is 9.20. The first-order valence-electron chi connectivity index (χ1n) is 8.60. The monoisotopic (exact) mass is 423 g/mol. The van der Waals surface area contributed by atoms with Crippen molar-refractivity contribution in [1.29, 1.82) is 0 Å². The summed E-state index contributed by atoms with van der Waals surface area (Å²) < 4.78 is 5.62. The van der Waals surface area contributed by atoms with Crippen LogP contribution in [0.2, 0.25) is 0 Å². The highest BCUT2D eigenvalue weighted by Gasteiger charge is 2.40. The van der Waals surface area contributed by atoms with Crippen molar-refractivity contribution in [1.82, 2.24) is 4.90 Å². The minimum Gasteiger partial charge on any atom is -0.480 e. The van der Waals surface area contributed by atoms with Crippen LogP contribution >= 0.6 is 24.0 Å². The maximum absolute atomic E-state index is 12.8. The van der Waals surface area contributed by atoms with Gasteiger partial charge in [-0.05, 0) is 31.4 Å². The normalized spacial score (nSPS) is 17.9. The van der Waals surface area contributed by atoms with Crippen LogP contribution in [-0.4, -0.2) is 49.4 Å². The van der Waals surface area contributed by atoms with Crippen molar-refractivity contribution < 1.29 is 29.3 Å². The lowest BCUT2D eigenvalue weighted by Gasteiger charge is -2.24. The Kier molecular flexibility index (Phi) is 7.20. The summed E-state index contributed by atoms with van der Waals surface area (Å²) in [6.07, 6.45) is 0.758. The summed E-state index contributed by atoms with van der Waals surface area (Å²) in [5.74, 6) is -2.32. The van der Waals surface area contributed by atoms with Crippen molar-refractivity contribution in [2.24, 2.45) is 5.92 Å². The number of nitrogens with zero attached hydrogens (tertiary/aromatic N) is 1. The largest absolute Gasteiger partial charge is 0.480 e. The molecule has 1 aliphatic heterocycles. The molecule has 1 heterocycles. The van der Waals surface area contributed by atoms with Gasteiger partial charge in [0.05, 0.1) is 4.91 Å². The van der Waals surface area contributed by atoms with Crippen LogP contribution in [0.25, 0.3) is 6.08 Å². The van der Waals surface area contributed by atoms with Crippen molar-refractivity contribution in [3.05, 3.63) is 34.7 Å². The van der Waals surface area contributed by atoms with Gasteiger partial charge in [-0.15, -0.1) is 0 Å². The predicted molar refractivity (Wildman–Crippen MR) is 110 cm³/mol. The van der Waals surface area contributed by atoms with Crippen LogP contribution in [0, 0.1) is 5.92 Å². The molecule has 1 aromatic rings. The average Bonchev–Trinajstić information content (AvgIpc) is 2.87. The molecule has 1 aromatic carbocycles.